The summed E-state index contributed by atoms with van der Waals surface area (Å²) in [5.74, 6) is -4.01. The van der Waals surface area contributed by atoms with Gasteiger partial charge in [-0.3, -0.25) is 9.59 Å². The number of halogens is 3. The molecule has 0 aliphatic carbocycles. The van der Waals surface area contributed by atoms with Crippen molar-refractivity contribution in [1.29, 1.82) is 0 Å². The molecule has 6 heteroatoms. The topological polar surface area (TPSA) is 54.4 Å². The average molecular weight is 156 g/mol. The predicted octanol–water partition coefficient (Wildman–Crippen LogP) is 0.593. The summed E-state index contributed by atoms with van der Waals surface area (Å²) < 4.78 is 33.6. The lowest BCUT2D eigenvalue weighted by Gasteiger charge is -2.00. The van der Waals surface area contributed by atoms with Gasteiger partial charge in [0.25, 0.3) is 0 Å². The SMILES string of the molecule is O=C(O)CC(=O)C(F)(F)F. The monoisotopic (exact) mass is 156 g/mol. The summed E-state index contributed by atoms with van der Waals surface area (Å²) in [6.07, 6.45) is -6.53. The second kappa shape index (κ2) is 2.68. The zero-order valence-electron chi connectivity index (χ0n) is 4.60. The van der Waals surface area contributed by atoms with Gasteiger partial charge in [0.05, 0.1) is 0 Å². The van der Waals surface area contributed by atoms with E-state index in [2.05, 4.69) is 0 Å². The second-order valence-corrected chi connectivity index (χ2v) is 1.49. The van der Waals surface area contributed by atoms with Crippen LogP contribution in [-0.4, -0.2) is 23.0 Å². The van der Waals surface area contributed by atoms with Gasteiger partial charge >= 0.3 is 12.1 Å². The Morgan fingerprint density at radius 2 is 1.70 bits per heavy atom. The largest absolute Gasteiger partial charge is 0.481 e. The molecule has 0 fully saturated rings. The number of ketones is 1. The molecule has 0 aliphatic heterocycles. The first kappa shape index (κ1) is 8.93. The Balaban J connectivity index is 3.99. The molecular formula is C4H3F3O3. The molecule has 3 nitrogen and oxygen atoms in total. The summed E-state index contributed by atoms with van der Waals surface area (Å²) in [6.45, 7) is 0. The summed E-state index contributed by atoms with van der Waals surface area (Å²) in [5, 5.41) is 7.73. The van der Waals surface area contributed by atoms with Crippen LogP contribution < -0.4 is 0 Å². The first-order chi connectivity index (χ1) is 4.34. The van der Waals surface area contributed by atoms with Crippen molar-refractivity contribution in [3.8, 4) is 0 Å². The van der Waals surface area contributed by atoms with Crippen molar-refractivity contribution in [2.75, 3.05) is 0 Å². The lowest BCUT2D eigenvalue weighted by molar-refractivity contribution is -0.173. The van der Waals surface area contributed by atoms with Gasteiger partial charge < -0.3 is 5.11 Å². The van der Waals surface area contributed by atoms with Crippen LogP contribution in [0.2, 0.25) is 0 Å². The van der Waals surface area contributed by atoms with Crippen LogP contribution in [0.5, 0.6) is 0 Å². The Kier molecular flexibility index (Phi) is 2.39. The molecule has 0 saturated carbocycles. The standard InChI is InChI=1S/C4H3F3O3/c5-4(6,7)2(8)1-3(9)10/h1H2,(H,9,10). The summed E-state index contributed by atoms with van der Waals surface area (Å²) in [4.78, 5) is 19.3. The van der Waals surface area contributed by atoms with Crippen LogP contribution >= 0.6 is 0 Å². The van der Waals surface area contributed by atoms with Gasteiger partial charge in [-0.15, -0.1) is 0 Å². The van der Waals surface area contributed by atoms with Crippen molar-refractivity contribution in [3.63, 3.8) is 0 Å². The molecule has 0 aromatic rings. The zero-order valence-corrected chi connectivity index (χ0v) is 4.60. The molecule has 10 heavy (non-hydrogen) atoms. The zero-order chi connectivity index (χ0) is 8.36. The van der Waals surface area contributed by atoms with Crippen LogP contribution in [0.25, 0.3) is 0 Å². The number of carboxylic acid groups (broad SMARTS) is 1. The first-order valence-electron chi connectivity index (χ1n) is 2.16. The maximum Gasteiger partial charge on any atom is 0.450 e. The van der Waals surface area contributed by atoms with E-state index < -0.39 is 24.3 Å². The maximum atomic E-state index is 11.2. The molecule has 0 rings (SSSR count). The van der Waals surface area contributed by atoms with Crippen molar-refractivity contribution < 1.29 is 27.9 Å². The molecule has 1 N–H and O–H groups in total. The van der Waals surface area contributed by atoms with Crippen LogP contribution in [0.4, 0.5) is 13.2 Å². The van der Waals surface area contributed by atoms with Crippen LogP contribution in [0.3, 0.4) is 0 Å². The lowest BCUT2D eigenvalue weighted by atomic mass is 10.3. The average Bonchev–Trinajstić information content (AvgIpc) is 1.60. The van der Waals surface area contributed by atoms with E-state index in [-0.39, 0.29) is 0 Å². The second-order valence-electron chi connectivity index (χ2n) is 1.49. The van der Waals surface area contributed by atoms with Crippen molar-refractivity contribution in [3.05, 3.63) is 0 Å². The first-order valence-corrected chi connectivity index (χ1v) is 2.16. The van der Waals surface area contributed by atoms with Gasteiger partial charge in [-0.2, -0.15) is 13.2 Å². The van der Waals surface area contributed by atoms with Crippen LogP contribution in [0.15, 0.2) is 0 Å². The summed E-state index contributed by atoms with van der Waals surface area (Å²) >= 11 is 0. The molecule has 0 saturated heterocycles. The molecule has 0 aliphatic rings. The van der Waals surface area contributed by atoms with Crippen LogP contribution in [0.1, 0.15) is 6.42 Å². The summed E-state index contributed by atoms with van der Waals surface area (Å²) in [6, 6.07) is 0. The number of alkyl halides is 3. The van der Waals surface area contributed by atoms with E-state index in [1.807, 2.05) is 0 Å². The van der Waals surface area contributed by atoms with E-state index >= 15 is 0 Å². The number of carbonyl (C=O) groups is 2. The Hall–Kier alpha value is -1.07. The van der Waals surface area contributed by atoms with Crippen LogP contribution in [-0.2, 0) is 9.59 Å². The predicted molar refractivity (Wildman–Crippen MR) is 23.3 cm³/mol. The minimum Gasteiger partial charge on any atom is -0.481 e. The maximum absolute atomic E-state index is 11.2. The summed E-state index contributed by atoms with van der Waals surface area (Å²) in [5.41, 5.74) is 0. The van der Waals surface area contributed by atoms with Crippen LogP contribution in [0, 0.1) is 0 Å². The molecule has 0 amide bonds. The van der Waals surface area contributed by atoms with Gasteiger partial charge in [-0.25, -0.2) is 0 Å². The third-order valence-corrected chi connectivity index (χ3v) is 0.628. The molecule has 0 aromatic heterocycles. The van der Waals surface area contributed by atoms with Crippen molar-refractivity contribution in [2.24, 2.45) is 0 Å². The number of hydrogen-bond acceptors (Lipinski definition) is 2. The number of carbonyl (C=O) groups excluding carboxylic acids is 1. The minimum absolute atomic E-state index is 1.50. The molecule has 0 atom stereocenters. The number of aliphatic carboxylic acids is 1. The Morgan fingerprint density at radius 3 is 1.80 bits per heavy atom. The smallest absolute Gasteiger partial charge is 0.450 e. The summed E-state index contributed by atoms with van der Waals surface area (Å²) in [7, 11) is 0. The van der Waals surface area contributed by atoms with Gasteiger partial charge in [-0.05, 0) is 0 Å². The fraction of sp³-hybridized carbons (Fsp3) is 0.500. The van der Waals surface area contributed by atoms with Gasteiger partial charge in [0.2, 0.25) is 5.78 Å². The third-order valence-electron chi connectivity index (χ3n) is 0.628. The van der Waals surface area contributed by atoms with Gasteiger partial charge in [0.15, 0.2) is 0 Å². The molecule has 58 valence electrons. The number of Topliss-reactive ketones (excluding diaryl/α,β-unsaturated/α-hetero) is 1. The molecule has 0 unspecified atom stereocenters. The third kappa shape index (κ3) is 3.06. The fourth-order valence-electron chi connectivity index (χ4n) is 0.238. The highest BCUT2D eigenvalue weighted by atomic mass is 19.4. The van der Waals surface area contributed by atoms with E-state index in [0.717, 1.165) is 0 Å². The Bertz CT molecular complexity index is 160. The van der Waals surface area contributed by atoms with Gasteiger partial charge in [0, 0.05) is 0 Å². The fourth-order valence-corrected chi connectivity index (χ4v) is 0.238. The Morgan fingerprint density at radius 1 is 1.30 bits per heavy atom. The van der Waals surface area contributed by atoms with E-state index in [0.29, 0.717) is 0 Å². The quantitative estimate of drug-likeness (QED) is 0.595. The Labute approximate surface area is 53.4 Å². The minimum atomic E-state index is -5.03. The van der Waals surface area contributed by atoms with E-state index in [4.69, 9.17) is 5.11 Å². The molecule has 0 aromatic carbocycles. The van der Waals surface area contributed by atoms with E-state index in [1.54, 1.807) is 0 Å². The highest BCUT2D eigenvalue weighted by molar-refractivity contribution is 5.97. The van der Waals surface area contributed by atoms with Crippen molar-refractivity contribution in [1.82, 2.24) is 0 Å². The van der Waals surface area contributed by atoms with Gasteiger partial charge in [0.1, 0.15) is 6.42 Å². The molecule has 0 radical (unpaired) electrons. The normalized spacial score (nSPS) is 11.1. The number of hydrogen-bond donors (Lipinski definition) is 1. The van der Waals surface area contributed by atoms with Gasteiger partial charge in [-0.1, -0.05) is 0 Å². The molecule has 0 bridgehead atoms. The van der Waals surface area contributed by atoms with E-state index in [1.165, 1.54) is 0 Å². The molecular weight excluding hydrogens is 153 g/mol. The highest BCUT2D eigenvalue weighted by Crippen LogP contribution is 2.17. The number of carboxylic acids is 1. The number of rotatable bonds is 2. The molecule has 0 heterocycles. The highest BCUT2D eigenvalue weighted by Gasteiger charge is 2.39. The lowest BCUT2D eigenvalue weighted by Crippen LogP contribution is -2.24. The molecule has 0 spiro atoms. The van der Waals surface area contributed by atoms with Crippen molar-refractivity contribution >= 4 is 11.8 Å². The van der Waals surface area contributed by atoms with Crippen molar-refractivity contribution in [2.45, 2.75) is 12.6 Å². The van der Waals surface area contributed by atoms with E-state index in [9.17, 15) is 22.8 Å².